The van der Waals surface area contributed by atoms with Crippen molar-refractivity contribution in [2.24, 2.45) is 0 Å². The second kappa shape index (κ2) is 9.23. The van der Waals surface area contributed by atoms with E-state index < -0.39 is 11.8 Å². The molecule has 0 radical (unpaired) electrons. The van der Waals surface area contributed by atoms with Crippen molar-refractivity contribution >= 4 is 17.9 Å². The summed E-state index contributed by atoms with van der Waals surface area (Å²) in [5.41, 5.74) is 6.65. The topological polar surface area (TPSA) is 80.6 Å². The second-order valence-electron chi connectivity index (χ2n) is 6.06. The number of ether oxygens (including phenoxy) is 1. The molecule has 28 heavy (non-hydrogen) atoms. The van der Waals surface area contributed by atoms with Crippen LogP contribution in [0, 0.1) is 6.92 Å². The van der Waals surface area contributed by atoms with Crippen molar-refractivity contribution < 1.29 is 18.7 Å². The summed E-state index contributed by atoms with van der Waals surface area (Å²) in [7, 11) is 0. The minimum atomic E-state index is -0.553. The zero-order valence-electron chi connectivity index (χ0n) is 15.3. The summed E-state index contributed by atoms with van der Waals surface area (Å²) in [5.74, 6) is 0.280. The fourth-order valence-corrected chi connectivity index (χ4v) is 2.32. The molecule has 0 bridgehead atoms. The molecule has 0 aliphatic rings. The van der Waals surface area contributed by atoms with Crippen LogP contribution in [0.4, 0.5) is 0 Å². The largest absolute Gasteiger partial charge is 0.486 e. The van der Waals surface area contributed by atoms with Crippen LogP contribution in [0.15, 0.2) is 77.2 Å². The van der Waals surface area contributed by atoms with E-state index in [2.05, 4.69) is 10.9 Å². The smallest absolute Gasteiger partial charge is 0.305 e. The van der Waals surface area contributed by atoms with Gasteiger partial charge in [-0.05, 0) is 42.8 Å². The van der Waals surface area contributed by atoms with Gasteiger partial charge in [0.15, 0.2) is 5.76 Å². The number of carbonyl (C=O) groups is 2. The monoisotopic (exact) mass is 376 g/mol. The van der Waals surface area contributed by atoms with Crippen LogP contribution in [-0.4, -0.2) is 11.8 Å². The van der Waals surface area contributed by atoms with Crippen LogP contribution in [0.3, 0.4) is 0 Å². The van der Waals surface area contributed by atoms with Crippen LogP contribution in [0.25, 0.3) is 6.08 Å². The van der Waals surface area contributed by atoms with Gasteiger partial charge in [0.2, 0.25) is 0 Å². The van der Waals surface area contributed by atoms with E-state index in [1.165, 1.54) is 12.1 Å². The third kappa shape index (κ3) is 5.60. The summed E-state index contributed by atoms with van der Waals surface area (Å²) in [6.07, 6.45) is 3.00. The summed E-state index contributed by atoms with van der Waals surface area (Å²) in [6.45, 7) is 2.19. The molecule has 0 spiro atoms. The van der Waals surface area contributed by atoms with Crippen molar-refractivity contribution in [3.05, 3.63) is 95.5 Å². The molecule has 1 heterocycles. The molecular formula is C22H20N2O4. The van der Waals surface area contributed by atoms with E-state index in [1.807, 2.05) is 61.5 Å². The Balaban J connectivity index is 1.46. The van der Waals surface area contributed by atoms with Crippen LogP contribution in [0.2, 0.25) is 0 Å². The van der Waals surface area contributed by atoms with Crippen molar-refractivity contribution in [2.75, 3.05) is 0 Å². The molecule has 0 saturated carbocycles. The lowest BCUT2D eigenvalue weighted by Gasteiger charge is -2.04. The maximum atomic E-state index is 12.1. The highest BCUT2D eigenvalue weighted by molar-refractivity contribution is 5.96. The van der Waals surface area contributed by atoms with Gasteiger partial charge < -0.3 is 9.15 Å². The first-order valence-corrected chi connectivity index (χ1v) is 8.72. The Bertz CT molecular complexity index is 960. The fraction of sp³-hybridized carbons (Fsp3) is 0.0909. The highest BCUT2D eigenvalue weighted by Crippen LogP contribution is 2.13. The minimum Gasteiger partial charge on any atom is -0.486 e. The fourth-order valence-electron chi connectivity index (χ4n) is 2.32. The van der Waals surface area contributed by atoms with Crippen molar-refractivity contribution in [2.45, 2.75) is 13.5 Å². The predicted octanol–water partition coefficient (Wildman–Crippen LogP) is 3.64. The van der Waals surface area contributed by atoms with E-state index in [-0.39, 0.29) is 12.4 Å². The average molecular weight is 376 g/mol. The molecule has 0 saturated heterocycles. The van der Waals surface area contributed by atoms with Crippen molar-refractivity contribution in [1.82, 2.24) is 10.9 Å². The van der Waals surface area contributed by atoms with Gasteiger partial charge in [0.25, 0.3) is 5.91 Å². The van der Waals surface area contributed by atoms with Crippen molar-refractivity contribution in [3.8, 4) is 5.75 Å². The van der Waals surface area contributed by atoms with Gasteiger partial charge >= 0.3 is 5.91 Å². The first-order valence-electron chi connectivity index (χ1n) is 8.72. The number of hydrazine groups is 1. The molecule has 0 aliphatic heterocycles. The molecular weight excluding hydrogens is 356 g/mol. The molecule has 6 heteroatoms. The van der Waals surface area contributed by atoms with E-state index in [1.54, 1.807) is 12.1 Å². The van der Waals surface area contributed by atoms with Crippen LogP contribution in [0.1, 0.15) is 27.4 Å². The molecule has 0 atom stereocenters. The van der Waals surface area contributed by atoms with E-state index >= 15 is 0 Å². The highest BCUT2D eigenvalue weighted by atomic mass is 16.5. The van der Waals surface area contributed by atoms with E-state index in [4.69, 9.17) is 9.15 Å². The molecule has 0 unspecified atom stereocenters. The highest BCUT2D eigenvalue weighted by Gasteiger charge is 2.12. The number of amides is 2. The van der Waals surface area contributed by atoms with Crippen LogP contribution >= 0.6 is 0 Å². The van der Waals surface area contributed by atoms with Crippen LogP contribution in [-0.2, 0) is 11.4 Å². The number of benzene rings is 2. The third-order valence-corrected chi connectivity index (χ3v) is 3.81. The summed E-state index contributed by atoms with van der Waals surface area (Å²) in [5, 5.41) is 0. The van der Waals surface area contributed by atoms with Crippen molar-refractivity contribution in [3.63, 3.8) is 0 Å². The number of para-hydroxylation sites is 1. The van der Waals surface area contributed by atoms with Gasteiger partial charge in [-0.2, -0.15) is 0 Å². The normalized spacial score (nSPS) is 10.6. The molecule has 2 amide bonds. The van der Waals surface area contributed by atoms with Gasteiger partial charge in [0, 0.05) is 6.08 Å². The standard InChI is InChI=1S/C22H20N2O4/c1-16-7-9-17(10-8-16)11-14-21(25)23-24-22(26)20-13-12-19(28-20)15-27-18-5-3-2-4-6-18/h2-14H,15H2,1H3,(H,23,25)(H,24,26)/b14-11+. The van der Waals surface area contributed by atoms with Gasteiger partial charge in [-0.3, -0.25) is 20.4 Å². The molecule has 2 N–H and O–H groups in total. The Morgan fingerprint density at radius 3 is 2.46 bits per heavy atom. The van der Waals surface area contributed by atoms with Crippen LogP contribution < -0.4 is 15.6 Å². The Labute approximate surface area is 162 Å². The van der Waals surface area contributed by atoms with Gasteiger partial charge in [-0.1, -0.05) is 48.0 Å². The zero-order valence-corrected chi connectivity index (χ0v) is 15.3. The minimum absolute atomic E-state index is 0.0782. The molecule has 3 aromatic rings. The van der Waals surface area contributed by atoms with E-state index in [0.717, 1.165) is 11.1 Å². The zero-order chi connectivity index (χ0) is 19.8. The quantitative estimate of drug-likeness (QED) is 0.508. The number of carbonyl (C=O) groups excluding carboxylic acids is 2. The van der Waals surface area contributed by atoms with E-state index in [9.17, 15) is 9.59 Å². The van der Waals surface area contributed by atoms with Gasteiger partial charge in [0.1, 0.15) is 18.1 Å². The molecule has 0 aliphatic carbocycles. The molecule has 6 nitrogen and oxygen atoms in total. The van der Waals surface area contributed by atoms with Gasteiger partial charge in [-0.15, -0.1) is 0 Å². The van der Waals surface area contributed by atoms with Gasteiger partial charge in [0.05, 0.1) is 0 Å². The number of furan rings is 1. The molecule has 1 aromatic heterocycles. The Hall–Kier alpha value is -3.80. The number of hydrogen-bond donors (Lipinski definition) is 2. The molecule has 2 aromatic carbocycles. The summed E-state index contributed by atoms with van der Waals surface area (Å²) >= 11 is 0. The number of aryl methyl sites for hydroxylation is 1. The van der Waals surface area contributed by atoms with Gasteiger partial charge in [-0.25, -0.2) is 0 Å². The average Bonchev–Trinajstić information content (AvgIpc) is 3.20. The summed E-state index contributed by atoms with van der Waals surface area (Å²) in [6, 6.07) is 20.2. The Kier molecular flexibility index (Phi) is 6.25. The lowest BCUT2D eigenvalue weighted by atomic mass is 10.1. The predicted molar refractivity (Wildman–Crippen MR) is 105 cm³/mol. The second-order valence-corrected chi connectivity index (χ2v) is 6.06. The number of hydrogen-bond acceptors (Lipinski definition) is 4. The van der Waals surface area contributed by atoms with Crippen LogP contribution in [0.5, 0.6) is 5.75 Å². The lowest BCUT2D eigenvalue weighted by molar-refractivity contribution is -0.117. The Morgan fingerprint density at radius 2 is 1.71 bits per heavy atom. The van der Waals surface area contributed by atoms with Crippen molar-refractivity contribution in [1.29, 1.82) is 0 Å². The summed E-state index contributed by atoms with van der Waals surface area (Å²) < 4.78 is 11.0. The molecule has 0 fully saturated rings. The number of rotatable bonds is 6. The third-order valence-electron chi connectivity index (χ3n) is 3.81. The first-order chi connectivity index (χ1) is 13.6. The summed E-state index contributed by atoms with van der Waals surface area (Å²) in [4.78, 5) is 23.9. The lowest BCUT2D eigenvalue weighted by Crippen LogP contribution is -2.40. The maximum absolute atomic E-state index is 12.1. The molecule has 142 valence electrons. The number of nitrogens with one attached hydrogen (secondary N) is 2. The SMILES string of the molecule is Cc1ccc(/C=C/C(=O)NNC(=O)c2ccc(COc3ccccc3)o2)cc1. The first kappa shape index (κ1) is 19.0. The van der Waals surface area contributed by atoms with E-state index in [0.29, 0.717) is 11.5 Å². The maximum Gasteiger partial charge on any atom is 0.305 e. The Morgan fingerprint density at radius 1 is 0.964 bits per heavy atom. The molecule has 3 rings (SSSR count).